The Kier molecular flexibility index (Phi) is 12.1. The van der Waals surface area contributed by atoms with Gasteiger partial charge in [-0.05, 0) is 124 Å². The summed E-state index contributed by atoms with van der Waals surface area (Å²) >= 11 is 0. The largest absolute Gasteiger partial charge is 0.309 e. The van der Waals surface area contributed by atoms with Crippen molar-refractivity contribution in [3.8, 4) is 90.3 Å². The third kappa shape index (κ3) is 8.42. The monoisotopic (exact) mass is 1200 g/mol. The molecule has 0 aliphatic carbocycles. The fourth-order valence-electron chi connectivity index (χ4n) is 14.8. The van der Waals surface area contributed by atoms with Crippen molar-refractivity contribution < 1.29 is 0 Å². The highest BCUT2D eigenvalue weighted by atomic mass is 15.1. The molecule has 19 aromatic rings. The number of aromatic nitrogens is 7. The van der Waals surface area contributed by atoms with Gasteiger partial charge >= 0.3 is 0 Å². The van der Waals surface area contributed by atoms with Crippen molar-refractivity contribution in [1.82, 2.24) is 33.2 Å². The third-order valence-electron chi connectivity index (χ3n) is 18.9. The van der Waals surface area contributed by atoms with E-state index < -0.39 is 0 Å². The number of rotatable bonds is 10. The van der Waals surface area contributed by atoms with Gasteiger partial charge in [-0.2, -0.15) is 0 Å². The predicted molar refractivity (Wildman–Crippen MR) is 390 cm³/mol. The highest BCUT2D eigenvalue weighted by molar-refractivity contribution is 6.41. The van der Waals surface area contributed by atoms with Crippen LogP contribution in [0.1, 0.15) is 0 Å². The molecule has 94 heavy (non-hydrogen) atoms. The molecule has 0 saturated carbocycles. The van der Waals surface area contributed by atoms with E-state index in [-0.39, 0.29) is 0 Å². The van der Waals surface area contributed by atoms with E-state index in [9.17, 15) is 0 Å². The lowest BCUT2D eigenvalue weighted by Gasteiger charge is -2.17. The molecular weight excluding hydrogens is 1140 g/mol. The Hall–Kier alpha value is -12.7. The summed E-state index contributed by atoms with van der Waals surface area (Å²) in [5.41, 5.74) is 22.3. The second-order valence-corrected chi connectivity index (χ2v) is 24.3. The lowest BCUT2D eigenvalue weighted by Crippen LogP contribution is -2.04. The molecule has 0 aliphatic heterocycles. The zero-order chi connectivity index (χ0) is 61.8. The Morgan fingerprint density at radius 3 is 0.809 bits per heavy atom. The first kappa shape index (κ1) is 53.2. The van der Waals surface area contributed by atoms with Gasteiger partial charge in [-0.25, -0.2) is 15.0 Å². The van der Waals surface area contributed by atoms with Crippen LogP contribution in [0.15, 0.2) is 334 Å². The maximum atomic E-state index is 5.50. The minimum Gasteiger partial charge on any atom is -0.309 e. The Morgan fingerprint density at radius 1 is 0.170 bits per heavy atom. The summed E-state index contributed by atoms with van der Waals surface area (Å²) < 4.78 is 10.1. The molecule has 0 bridgehead atoms. The van der Waals surface area contributed by atoms with Crippen LogP contribution in [0.2, 0.25) is 0 Å². The normalized spacial score (nSPS) is 11.8. The molecule has 0 saturated heterocycles. The maximum absolute atomic E-state index is 5.50. The van der Waals surface area contributed by atoms with Crippen molar-refractivity contribution in [2.45, 2.75) is 0 Å². The molecule has 0 unspecified atom stereocenters. The van der Waals surface area contributed by atoms with Crippen LogP contribution in [0, 0.1) is 0 Å². The molecule has 0 radical (unpaired) electrons. The second kappa shape index (κ2) is 21.5. The van der Waals surface area contributed by atoms with Crippen molar-refractivity contribution in [2.75, 3.05) is 0 Å². The van der Waals surface area contributed by atoms with Gasteiger partial charge in [0.1, 0.15) is 0 Å². The molecule has 5 aromatic heterocycles. The minimum atomic E-state index is 0.558. The second-order valence-electron chi connectivity index (χ2n) is 24.3. The third-order valence-corrected chi connectivity index (χ3v) is 18.9. The Bertz CT molecular complexity index is 5990. The maximum Gasteiger partial charge on any atom is 0.164 e. The predicted octanol–water partition coefficient (Wildman–Crippen LogP) is 22.3. The topological polar surface area (TPSA) is 58.4 Å². The number of hydrogen-bond donors (Lipinski definition) is 0. The molecule has 0 amide bonds. The summed E-state index contributed by atoms with van der Waals surface area (Å²) in [6.45, 7) is 0. The van der Waals surface area contributed by atoms with E-state index >= 15 is 0 Å². The van der Waals surface area contributed by atoms with Gasteiger partial charge in [0.15, 0.2) is 17.5 Å². The van der Waals surface area contributed by atoms with E-state index in [0.717, 1.165) is 149 Å². The molecule has 5 heterocycles. The Balaban J connectivity index is 1.06. The van der Waals surface area contributed by atoms with E-state index in [2.05, 4.69) is 316 Å². The van der Waals surface area contributed by atoms with Gasteiger partial charge in [0.25, 0.3) is 0 Å². The summed E-state index contributed by atoms with van der Waals surface area (Å²) in [6.07, 6.45) is 0. The molecule has 0 atom stereocenters. The molecule has 0 aliphatic rings. The SMILES string of the molecule is c1ccc(-c2ccc3c(c2)c2c(c4c5cc(-c6ccccc6)ccc5n(-c5cc(-c6nc(-c7ccccc7)nc(-c7ccccc7)n6)cc(-n6c7ccccc7c7ccccc76)c5)c4c4c5cc(-c6ccccc6)ccc5n(-c5ccccc5)c24)n3-c2ccccc2)cc1. The standard InChI is InChI=1S/C87H55N7/c1-8-26-56(27-9-1)61-44-47-76-71(52-61)79-82-80(72-53-62(57-28-10-2-11-29-57)45-48-77(72)93(82)66-38-20-7-21-39-66)84-81(83(79)92(76)65-36-18-6-19-37-65)73-54-63(58-30-12-3-13-31-58)46-49-78(73)94(84)68-51-64(50-67(55-68)91-74-42-24-22-40-69(74)70-41-23-25-43-75(70)91)87-89-85(59-32-14-4-15-33-59)88-86(90-87)60-34-16-5-17-35-60/h1-55H. The molecule has 0 N–H and O–H groups in total. The van der Waals surface area contributed by atoms with Gasteiger partial charge < -0.3 is 18.3 Å². The van der Waals surface area contributed by atoms with Crippen LogP contribution in [0.5, 0.6) is 0 Å². The van der Waals surface area contributed by atoms with Crippen LogP contribution in [0.4, 0.5) is 0 Å². The number of nitrogens with zero attached hydrogens (tertiary/aromatic N) is 7. The van der Waals surface area contributed by atoms with Crippen molar-refractivity contribution in [3.63, 3.8) is 0 Å². The van der Waals surface area contributed by atoms with Crippen LogP contribution in [-0.2, 0) is 0 Å². The number of benzene rings is 14. The smallest absolute Gasteiger partial charge is 0.164 e. The molecule has 0 spiro atoms. The number of para-hydroxylation sites is 4. The van der Waals surface area contributed by atoms with Gasteiger partial charge in [-0.15, -0.1) is 0 Å². The van der Waals surface area contributed by atoms with Crippen molar-refractivity contribution >= 4 is 87.2 Å². The average molecular weight is 1200 g/mol. The van der Waals surface area contributed by atoms with Gasteiger partial charge in [-0.3, -0.25) is 0 Å². The van der Waals surface area contributed by atoms with E-state index in [1.807, 2.05) is 36.4 Å². The van der Waals surface area contributed by atoms with Crippen LogP contribution < -0.4 is 0 Å². The van der Waals surface area contributed by atoms with E-state index in [1.165, 1.54) is 10.8 Å². The quantitative estimate of drug-likeness (QED) is 0.137. The summed E-state index contributed by atoms with van der Waals surface area (Å²) in [7, 11) is 0. The van der Waals surface area contributed by atoms with E-state index in [1.54, 1.807) is 0 Å². The fraction of sp³-hybridized carbons (Fsp3) is 0. The zero-order valence-electron chi connectivity index (χ0n) is 50.9. The molecule has 19 rings (SSSR count). The molecule has 14 aromatic carbocycles. The van der Waals surface area contributed by atoms with Crippen LogP contribution in [-0.4, -0.2) is 33.2 Å². The van der Waals surface area contributed by atoms with Gasteiger partial charge in [0.05, 0.1) is 44.1 Å². The lowest BCUT2D eigenvalue weighted by atomic mass is 9.97. The van der Waals surface area contributed by atoms with Crippen LogP contribution in [0.25, 0.3) is 178 Å². The number of fused-ring (bicyclic) bond motifs is 15. The minimum absolute atomic E-state index is 0.558. The first-order valence-electron chi connectivity index (χ1n) is 32.0. The van der Waals surface area contributed by atoms with E-state index in [4.69, 9.17) is 15.0 Å². The Morgan fingerprint density at radius 2 is 0.447 bits per heavy atom. The summed E-state index contributed by atoms with van der Waals surface area (Å²) in [6, 6.07) is 121. The van der Waals surface area contributed by atoms with Crippen molar-refractivity contribution in [1.29, 1.82) is 0 Å². The molecule has 438 valence electrons. The Labute approximate surface area is 541 Å². The van der Waals surface area contributed by atoms with Gasteiger partial charge in [-0.1, -0.05) is 243 Å². The molecule has 0 fully saturated rings. The van der Waals surface area contributed by atoms with Crippen molar-refractivity contribution in [2.24, 2.45) is 0 Å². The molecule has 7 nitrogen and oxygen atoms in total. The first-order chi connectivity index (χ1) is 46.6. The average Bonchev–Trinajstić information content (AvgIpc) is 1.50. The summed E-state index contributed by atoms with van der Waals surface area (Å²) in [5, 5.41) is 9.18. The molecule has 7 heteroatoms. The fourth-order valence-corrected chi connectivity index (χ4v) is 14.8. The van der Waals surface area contributed by atoms with Gasteiger partial charge in [0, 0.05) is 82.5 Å². The van der Waals surface area contributed by atoms with Crippen LogP contribution >= 0.6 is 0 Å². The first-order valence-corrected chi connectivity index (χ1v) is 32.0. The van der Waals surface area contributed by atoms with Crippen LogP contribution in [0.3, 0.4) is 0 Å². The van der Waals surface area contributed by atoms with Crippen molar-refractivity contribution in [3.05, 3.63) is 334 Å². The van der Waals surface area contributed by atoms with E-state index in [0.29, 0.717) is 17.5 Å². The highest BCUT2D eigenvalue weighted by Crippen LogP contribution is 2.52. The highest BCUT2D eigenvalue weighted by Gasteiger charge is 2.31. The summed E-state index contributed by atoms with van der Waals surface area (Å²) in [4.78, 5) is 16.2. The lowest BCUT2D eigenvalue weighted by molar-refractivity contribution is 1.07. The zero-order valence-corrected chi connectivity index (χ0v) is 50.9. The number of hydrogen-bond acceptors (Lipinski definition) is 3. The summed E-state index contributed by atoms with van der Waals surface area (Å²) in [5.74, 6) is 1.74. The van der Waals surface area contributed by atoms with Gasteiger partial charge in [0.2, 0.25) is 0 Å². The molecular formula is C87H55N7.